The molecule has 1 aliphatic rings. The van der Waals surface area contributed by atoms with Crippen LogP contribution in [-0.4, -0.2) is 56.4 Å². The summed E-state index contributed by atoms with van der Waals surface area (Å²) in [5, 5.41) is 0.573. The molecule has 9 heteroatoms. The number of aryl methyl sites for hydroxylation is 1. The molecule has 1 fully saturated rings. The number of aromatic amines is 1. The van der Waals surface area contributed by atoms with Crippen molar-refractivity contribution < 1.29 is 22.7 Å². The van der Waals surface area contributed by atoms with Crippen LogP contribution < -0.4 is 4.72 Å². The summed E-state index contributed by atoms with van der Waals surface area (Å²) >= 11 is 0. The molecule has 0 bridgehead atoms. The molecule has 1 atom stereocenters. The lowest BCUT2D eigenvalue weighted by molar-refractivity contribution is -0.134. The van der Waals surface area contributed by atoms with Gasteiger partial charge in [0.15, 0.2) is 0 Å². The van der Waals surface area contributed by atoms with E-state index in [-0.39, 0.29) is 17.2 Å². The van der Waals surface area contributed by atoms with E-state index in [9.17, 15) is 18.0 Å². The number of nitrogens with one attached hydrogen (secondary N) is 2. The van der Waals surface area contributed by atoms with Crippen molar-refractivity contribution in [3.63, 3.8) is 0 Å². The second-order valence-corrected chi connectivity index (χ2v) is 10.8. The number of fused-ring (bicyclic) bond motifs is 1. The zero-order valence-corrected chi connectivity index (χ0v) is 20.8. The highest BCUT2D eigenvalue weighted by Gasteiger charge is 2.31. The van der Waals surface area contributed by atoms with E-state index in [1.165, 1.54) is 7.11 Å². The number of sulfonamides is 1. The highest BCUT2D eigenvalue weighted by atomic mass is 32.2. The molecule has 1 aromatic heterocycles. The SMILES string of the molecule is COC(=O)c1cccc(CCC(NS(=O)(=O)c2cccc3[nH]ccc23)C(=O)N2CCC(C)CC2)c1. The third-order valence-electron chi connectivity index (χ3n) is 6.61. The lowest BCUT2D eigenvalue weighted by Gasteiger charge is -2.33. The zero-order valence-electron chi connectivity index (χ0n) is 20.0. The molecule has 4 rings (SSSR count). The van der Waals surface area contributed by atoms with E-state index < -0.39 is 22.0 Å². The van der Waals surface area contributed by atoms with Crippen molar-refractivity contribution in [2.75, 3.05) is 20.2 Å². The van der Waals surface area contributed by atoms with Crippen LogP contribution in [0.2, 0.25) is 0 Å². The number of aromatic nitrogens is 1. The Hall–Kier alpha value is -3.17. The number of methoxy groups -OCH3 is 1. The highest BCUT2D eigenvalue weighted by molar-refractivity contribution is 7.89. The molecule has 35 heavy (non-hydrogen) atoms. The summed E-state index contributed by atoms with van der Waals surface area (Å²) in [6.45, 7) is 3.39. The summed E-state index contributed by atoms with van der Waals surface area (Å²) < 4.78 is 34.3. The molecule has 1 amide bonds. The maximum absolute atomic E-state index is 13.5. The average molecular weight is 498 g/mol. The molecular formula is C26H31N3O5S. The summed E-state index contributed by atoms with van der Waals surface area (Å²) in [6, 6.07) is 12.8. The van der Waals surface area contributed by atoms with Gasteiger partial charge in [0.05, 0.1) is 17.6 Å². The maximum atomic E-state index is 13.5. The van der Waals surface area contributed by atoms with Crippen LogP contribution in [0.15, 0.2) is 59.6 Å². The monoisotopic (exact) mass is 497 g/mol. The van der Waals surface area contributed by atoms with Crippen LogP contribution >= 0.6 is 0 Å². The lowest BCUT2D eigenvalue weighted by atomic mass is 9.97. The van der Waals surface area contributed by atoms with Crippen molar-refractivity contribution in [3.05, 3.63) is 65.9 Å². The van der Waals surface area contributed by atoms with Gasteiger partial charge in [-0.15, -0.1) is 0 Å². The second kappa shape index (κ2) is 10.6. The van der Waals surface area contributed by atoms with Crippen molar-refractivity contribution in [2.45, 2.75) is 43.5 Å². The van der Waals surface area contributed by atoms with Gasteiger partial charge in [0, 0.05) is 30.2 Å². The first-order valence-corrected chi connectivity index (χ1v) is 13.3. The van der Waals surface area contributed by atoms with Crippen LogP contribution in [0.5, 0.6) is 0 Å². The van der Waals surface area contributed by atoms with Crippen molar-refractivity contribution >= 4 is 32.8 Å². The quantitative estimate of drug-likeness (QED) is 0.463. The molecule has 2 N–H and O–H groups in total. The van der Waals surface area contributed by atoms with Gasteiger partial charge in [-0.3, -0.25) is 4.79 Å². The molecule has 2 heterocycles. The Kier molecular flexibility index (Phi) is 7.57. The van der Waals surface area contributed by atoms with Crippen LogP contribution in [0.4, 0.5) is 0 Å². The first-order chi connectivity index (χ1) is 16.8. The van der Waals surface area contributed by atoms with Crippen molar-refractivity contribution in [2.24, 2.45) is 5.92 Å². The number of nitrogens with zero attached hydrogens (tertiary/aromatic N) is 1. The number of amides is 1. The molecule has 3 aromatic rings. The van der Waals surface area contributed by atoms with Crippen LogP contribution in [-0.2, 0) is 26.0 Å². The lowest BCUT2D eigenvalue weighted by Crippen LogP contribution is -2.50. The van der Waals surface area contributed by atoms with Gasteiger partial charge in [0.25, 0.3) is 0 Å². The number of piperidine rings is 1. The first-order valence-electron chi connectivity index (χ1n) is 11.8. The molecular weight excluding hydrogens is 466 g/mol. The third-order valence-corrected chi connectivity index (χ3v) is 8.13. The fourth-order valence-corrected chi connectivity index (χ4v) is 5.95. The fraction of sp³-hybridized carbons (Fsp3) is 0.385. The number of rotatable bonds is 8. The van der Waals surface area contributed by atoms with E-state index in [1.54, 1.807) is 53.6 Å². The van der Waals surface area contributed by atoms with Gasteiger partial charge in [-0.1, -0.05) is 25.1 Å². The molecule has 0 spiro atoms. The Morgan fingerprint density at radius 1 is 1.14 bits per heavy atom. The van der Waals surface area contributed by atoms with Crippen molar-refractivity contribution in [1.29, 1.82) is 0 Å². The van der Waals surface area contributed by atoms with E-state index in [2.05, 4.69) is 16.6 Å². The van der Waals surface area contributed by atoms with E-state index >= 15 is 0 Å². The largest absolute Gasteiger partial charge is 0.465 e. The number of hydrogen-bond acceptors (Lipinski definition) is 5. The summed E-state index contributed by atoms with van der Waals surface area (Å²) in [6.07, 6.45) is 4.17. The molecule has 0 aliphatic carbocycles. The number of carbonyl (C=O) groups is 2. The molecule has 1 unspecified atom stereocenters. The van der Waals surface area contributed by atoms with Crippen molar-refractivity contribution in [1.82, 2.24) is 14.6 Å². The van der Waals surface area contributed by atoms with Crippen molar-refractivity contribution in [3.8, 4) is 0 Å². The summed E-state index contributed by atoms with van der Waals surface area (Å²) in [5.41, 5.74) is 1.95. The molecule has 2 aromatic carbocycles. The molecule has 1 saturated heterocycles. The Morgan fingerprint density at radius 3 is 2.63 bits per heavy atom. The Balaban J connectivity index is 1.58. The standard InChI is InChI=1S/C26H31N3O5S/c1-18-12-15-29(16-13-18)25(30)23(10-9-19-5-3-6-20(17-19)26(31)34-2)28-35(32,33)24-8-4-7-22-21(24)11-14-27-22/h3-8,11,14,17-18,23,27-28H,9-10,12-13,15-16H2,1-2H3. The average Bonchev–Trinajstić information content (AvgIpc) is 3.35. The number of likely N-dealkylation sites (tertiary alicyclic amines) is 1. The Bertz CT molecular complexity index is 1310. The first kappa shape index (κ1) is 24.9. The van der Waals surface area contributed by atoms with Gasteiger partial charge >= 0.3 is 5.97 Å². The number of benzene rings is 2. The summed E-state index contributed by atoms with van der Waals surface area (Å²) in [4.78, 5) is 30.3. The van der Waals surface area contributed by atoms with E-state index in [4.69, 9.17) is 4.74 Å². The van der Waals surface area contributed by atoms with Gasteiger partial charge < -0.3 is 14.6 Å². The van der Waals surface area contributed by atoms with E-state index in [0.29, 0.717) is 41.9 Å². The number of carbonyl (C=O) groups excluding carboxylic acids is 2. The minimum absolute atomic E-state index is 0.133. The minimum Gasteiger partial charge on any atom is -0.465 e. The fourth-order valence-electron chi connectivity index (χ4n) is 4.51. The van der Waals surface area contributed by atoms with Gasteiger partial charge in [-0.2, -0.15) is 4.72 Å². The minimum atomic E-state index is -3.97. The van der Waals surface area contributed by atoms with Crippen LogP contribution in [0.25, 0.3) is 10.9 Å². The highest BCUT2D eigenvalue weighted by Crippen LogP contribution is 2.24. The summed E-state index contributed by atoms with van der Waals surface area (Å²) in [7, 11) is -2.65. The van der Waals surface area contributed by atoms with E-state index in [0.717, 1.165) is 18.4 Å². The number of ether oxygens (including phenoxy) is 1. The Labute approximate surface area is 205 Å². The predicted molar refractivity (Wildman–Crippen MR) is 133 cm³/mol. The molecule has 186 valence electrons. The molecule has 8 nitrogen and oxygen atoms in total. The van der Waals surface area contributed by atoms with Gasteiger partial charge in [0.2, 0.25) is 15.9 Å². The number of hydrogen-bond donors (Lipinski definition) is 2. The summed E-state index contributed by atoms with van der Waals surface area (Å²) in [5.74, 6) is -0.116. The van der Waals surface area contributed by atoms with Crippen LogP contribution in [0.1, 0.15) is 42.1 Å². The molecule has 0 saturated carbocycles. The molecule has 1 aliphatic heterocycles. The van der Waals surface area contributed by atoms with Crippen LogP contribution in [0.3, 0.4) is 0 Å². The smallest absolute Gasteiger partial charge is 0.337 e. The van der Waals surface area contributed by atoms with Gasteiger partial charge in [0.1, 0.15) is 6.04 Å². The van der Waals surface area contributed by atoms with Gasteiger partial charge in [-0.25, -0.2) is 13.2 Å². The van der Waals surface area contributed by atoms with E-state index in [1.807, 2.05) is 6.07 Å². The van der Waals surface area contributed by atoms with Gasteiger partial charge in [-0.05, 0) is 67.5 Å². The maximum Gasteiger partial charge on any atom is 0.337 e. The zero-order chi connectivity index (χ0) is 25.0. The molecule has 0 radical (unpaired) electrons. The Morgan fingerprint density at radius 2 is 1.89 bits per heavy atom. The predicted octanol–water partition coefficient (Wildman–Crippen LogP) is 3.49. The third kappa shape index (κ3) is 5.74. The topological polar surface area (TPSA) is 109 Å². The second-order valence-electron chi connectivity index (χ2n) is 9.11. The number of H-pyrrole nitrogens is 1. The number of esters is 1. The normalized spacial score (nSPS) is 15.8. The van der Waals surface area contributed by atoms with Crippen LogP contribution in [0, 0.1) is 5.92 Å².